The van der Waals surface area contributed by atoms with Crippen LogP contribution in [0.1, 0.15) is 37.0 Å². The van der Waals surface area contributed by atoms with Gasteiger partial charge in [0, 0.05) is 18.7 Å². The Balaban J connectivity index is 2.45. The Morgan fingerprint density at radius 2 is 2.15 bits per heavy atom. The molecule has 0 bridgehead atoms. The van der Waals surface area contributed by atoms with E-state index in [0.717, 1.165) is 19.4 Å². The van der Waals surface area contributed by atoms with Gasteiger partial charge in [-0.05, 0) is 44.7 Å². The minimum atomic E-state index is -1.07. The standard InChI is InChI=1S/C14H18N2O4/c1-9(2)15(8-10-3-4-10)13-7-11(14(17)18)5-6-12(13)16(19)20/h5-7,9-10H,3-4,8H2,1-2H3,(H,17,18). The molecule has 1 fully saturated rings. The van der Waals surface area contributed by atoms with Crippen molar-refractivity contribution < 1.29 is 14.8 Å². The molecule has 1 aromatic carbocycles. The van der Waals surface area contributed by atoms with Crippen LogP contribution in [-0.4, -0.2) is 28.6 Å². The van der Waals surface area contributed by atoms with Crippen LogP contribution in [0.25, 0.3) is 0 Å². The van der Waals surface area contributed by atoms with Crippen molar-refractivity contribution in [1.29, 1.82) is 0 Å². The Kier molecular flexibility index (Phi) is 3.92. The third-order valence-corrected chi connectivity index (χ3v) is 3.50. The van der Waals surface area contributed by atoms with Gasteiger partial charge < -0.3 is 10.0 Å². The van der Waals surface area contributed by atoms with E-state index in [1.165, 1.54) is 18.2 Å². The molecule has 0 aliphatic heterocycles. The van der Waals surface area contributed by atoms with E-state index in [1.54, 1.807) is 0 Å². The first-order valence-corrected chi connectivity index (χ1v) is 6.68. The summed E-state index contributed by atoms with van der Waals surface area (Å²) in [4.78, 5) is 23.7. The molecule has 0 amide bonds. The van der Waals surface area contributed by atoms with Crippen molar-refractivity contribution >= 4 is 17.3 Å². The predicted molar refractivity (Wildman–Crippen MR) is 75.3 cm³/mol. The predicted octanol–water partition coefficient (Wildman–Crippen LogP) is 2.92. The first kappa shape index (κ1) is 14.3. The monoisotopic (exact) mass is 278 g/mol. The molecule has 1 aliphatic rings. The molecular formula is C14H18N2O4. The molecule has 0 spiro atoms. The summed E-state index contributed by atoms with van der Waals surface area (Å²) < 4.78 is 0. The lowest BCUT2D eigenvalue weighted by Crippen LogP contribution is -2.33. The Morgan fingerprint density at radius 3 is 2.60 bits per heavy atom. The van der Waals surface area contributed by atoms with Crippen LogP contribution in [0.5, 0.6) is 0 Å². The number of benzene rings is 1. The van der Waals surface area contributed by atoms with E-state index >= 15 is 0 Å². The molecule has 2 rings (SSSR count). The van der Waals surface area contributed by atoms with Crippen LogP contribution in [0.15, 0.2) is 18.2 Å². The summed E-state index contributed by atoms with van der Waals surface area (Å²) >= 11 is 0. The van der Waals surface area contributed by atoms with E-state index in [1.807, 2.05) is 18.7 Å². The molecule has 6 nitrogen and oxygen atoms in total. The van der Waals surface area contributed by atoms with Gasteiger partial charge in [-0.25, -0.2) is 4.79 Å². The van der Waals surface area contributed by atoms with Crippen LogP contribution in [0.2, 0.25) is 0 Å². The Bertz CT molecular complexity index is 538. The van der Waals surface area contributed by atoms with Gasteiger partial charge in [-0.3, -0.25) is 10.1 Å². The van der Waals surface area contributed by atoms with Gasteiger partial charge in [-0.1, -0.05) is 0 Å². The van der Waals surface area contributed by atoms with Gasteiger partial charge in [0.1, 0.15) is 5.69 Å². The minimum absolute atomic E-state index is 0.0376. The first-order valence-electron chi connectivity index (χ1n) is 6.68. The van der Waals surface area contributed by atoms with Crippen LogP contribution in [-0.2, 0) is 0 Å². The van der Waals surface area contributed by atoms with Crippen LogP contribution >= 0.6 is 0 Å². The fraction of sp³-hybridized carbons (Fsp3) is 0.500. The third kappa shape index (κ3) is 3.07. The molecule has 0 radical (unpaired) electrons. The normalized spacial score (nSPS) is 14.3. The van der Waals surface area contributed by atoms with Crippen molar-refractivity contribution in [2.45, 2.75) is 32.7 Å². The zero-order valence-corrected chi connectivity index (χ0v) is 11.6. The molecular weight excluding hydrogens is 260 g/mol. The van der Waals surface area contributed by atoms with Gasteiger partial charge in [0.2, 0.25) is 0 Å². The molecule has 0 aromatic heterocycles. The van der Waals surface area contributed by atoms with Crippen molar-refractivity contribution in [3.63, 3.8) is 0 Å². The van der Waals surface area contributed by atoms with Crippen molar-refractivity contribution in [2.75, 3.05) is 11.4 Å². The molecule has 0 heterocycles. The molecule has 1 saturated carbocycles. The van der Waals surface area contributed by atoms with E-state index in [4.69, 9.17) is 5.11 Å². The lowest BCUT2D eigenvalue weighted by molar-refractivity contribution is -0.384. The number of carboxylic acid groups (broad SMARTS) is 1. The van der Waals surface area contributed by atoms with Gasteiger partial charge in [-0.2, -0.15) is 0 Å². The molecule has 0 unspecified atom stereocenters. The Hall–Kier alpha value is -2.11. The number of carboxylic acids is 1. The van der Waals surface area contributed by atoms with Gasteiger partial charge in [0.05, 0.1) is 10.5 Å². The number of carbonyl (C=O) groups is 1. The van der Waals surface area contributed by atoms with E-state index in [0.29, 0.717) is 11.6 Å². The second kappa shape index (κ2) is 5.48. The lowest BCUT2D eigenvalue weighted by Gasteiger charge is -2.28. The molecule has 0 atom stereocenters. The molecule has 108 valence electrons. The summed E-state index contributed by atoms with van der Waals surface area (Å²) in [5.41, 5.74) is 0.438. The Morgan fingerprint density at radius 1 is 1.50 bits per heavy atom. The third-order valence-electron chi connectivity index (χ3n) is 3.50. The molecule has 20 heavy (non-hydrogen) atoms. The van der Waals surface area contributed by atoms with Crippen LogP contribution in [0.4, 0.5) is 11.4 Å². The number of nitro benzene ring substituents is 1. The maximum absolute atomic E-state index is 11.2. The van der Waals surface area contributed by atoms with Crippen LogP contribution in [0.3, 0.4) is 0 Å². The van der Waals surface area contributed by atoms with Crippen molar-refractivity contribution in [1.82, 2.24) is 0 Å². The van der Waals surface area contributed by atoms with Crippen molar-refractivity contribution in [3.8, 4) is 0 Å². The van der Waals surface area contributed by atoms with Gasteiger partial charge in [0.25, 0.3) is 5.69 Å². The van der Waals surface area contributed by atoms with E-state index in [9.17, 15) is 14.9 Å². The van der Waals surface area contributed by atoms with Crippen LogP contribution < -0.4 is 4.90 Å². The maximum Gasteiger partial charge on any atom is 0.335 e. The number of aromatic carboxylic acids is 1. The number of hydrogen-bond acceptors (Lipinski definition) is 4. The highest BCUT2D eigenvalue weighted by Gasteiger charge is 2.29. The van der Waals surface area contributed by atoms with E-state index in [-0.39, 0.29) is 17.3 Å². The molecule has 6 heteroatoms. The average molecular weight is 278 g/mol. The number of nitro groups is 1. The summed E-state index contributed by atoms with van der Waals surface area (Å²) in [5, 5.41) is 20.2. The maximum atomic E-state index is 11.2. The molecule has 1 aliphatic carbocycles. The summed E-state index contributed by atoms with van der Waals surface area (Å²) in [6.07, 6.45) is 2.27. The van der Waals surface area contributed by atoms with Crippen molar-refractivity contribution in [2.24, 2.45) is 5.92 Å². The smallest absolute Gasteiger partial charge is 0.335 e. The lowest BCUT2D eigenvalue weighted by atomic mass is 10.1. The zero-order valence-electron chi connectivity index (χ0n) is 11.6. The second-order valence-corrected chi connectivity index (χ2v) is 5.46. The quantitative estimate of drug-likeness (QED) is 0.639. The number of rotatable bonds is 6. The highest BCUT2D eigenvalue weighted by atomic mass is 16.6. The summed E-state index contributed by atoms with van der Waals surface area (Å²) in [6.45, 7) is 4.65. The van der Waals surface area contributed by atoms with Crippen molar-refractivity contribution in [3.05, 3.63) is 33.9 Å². The summed E-state index contributed by atoms with van der Waals surface area (Å²) in [5.74, 6) is -0.512. The number of anilines is 1. The molecule has 0 saturated heterocycles. The van der Waals surface area contributed by atoms with Gasteiger partial charge >= 0.3 is 5.97 Å². The number of nitrogens with zero attached hydrogens (tertiary/aromatic N) is 2. The fourth-order valence-corrected chi connectivity index (χ4v) is 2.21. The zero-order chi connectivity index (χ0) is 14.9. The van der Waals surface area contributed by atoms with Crippen LogP contribution in [0, 0.1) is 16.0 Å². The minimum Gasteiger partial charge on any atom is -0.478 e. The SMILES string of the molecule is CC(C)N(CC1CC1)c1cc(C(=O)O)ccc1[N+](=O)[O-]. The van der Waals surface area contributed by atoms with E-state index in [2.05, 4.69) is 0 Å². The fourth-order valence-electron chi connectivity index (χ4n) is 2.21. The molecule has 1 N–H and O–H groups in total. The first-order chi connectivity index (χ1) is 9.40. The average Bonchev–Trinajstić information content (AvgIpc) is 3.18. The second-order valence-electron chi connectivity index (χ2n) is 5.46. The number of hydrogen-bond donors (Lipinski definition) is 1. The van der Waals surface area contributed by atoms with E-state index < -0.39 is 10.9 Å². The highest BCUT2D eigenvalue weighted by molar-refractivity contribution is 5.90. The van der Waals surface area contributed by atoms with Gasteiger partial charge in [0.15, 0.2) is 0 Å². The largest absolute Gasteiger partial charge is 0.478 e. The summed E-state index contributed by atoms with van der Waals surface area (Å²) in [6, 6.07) is 4.04. The highest BCUT2D eigenvalue weighted by Crippen LogP contribution is 2.36. The topological polar surface area (TPSA) is 83.7 Å². The summed E-state index contributed by atoms with van der Waals surface area (Å²) in [7, 11) is 0. The Labute approximate surface area is 117 Å². The van der Waals surface area contributed by atoms with Gasteiger partial charge in [-0.15, -0.1) is 0 Å². The molecule has 1 aromatic rings.